The minimum atomic E-state index is 0.114. The summed E-state index contributed by atoms with van der Waals surface area (Å²) in [6.07, 6.45) is 6.46. The number of anilines is 1. The van der Waals surface area contributed by atoms with E-state index in [9.17, 15) is 4.79 Å². The molecule has 1 aromatic carbocycles. The molecule has 4 heteroatoms. The van der Waals surface area contributed by atoms with E-state index >= 15 is 0 Å². The Hall–Kier alpha value is -2.36. The first-order valence-corrected chi connectivity index (χ1v) is 8.21. The van der Waals surface area contributed by atoms with Crippen molar-refractivity contribution in [2.24, 2.45) is 5.92 Å². The molecule has 0 aliphatic carbocycles. The number of nitrogens with zero attached hydrogens (tertiary/aromatic N) is 2. The number of rotatable bonds is 4. The van der Waals surface area contributed by atoms with E-state index in [0.717, 1.165) is 36.1 Å². The van der Waals surface area contributed by atoms with E-state index in [1.54, 1.807) is 6.08 Å². The maximum absolute atomic E-state index is 12.2. The molecule has 1 amide bonds. The summed E-state index contributed by atoms with van der Waals surface area (Å²) in [6.45, 7) is 5.71. The number of amides is 1. The van der Waals surface area contributed by atoms with Crippen LogP contribution in [-0.2, 0) is 4.79 Å². The first-order chi connectivity index (χ1) is 11.1. The van der Waals surface area contributed by atoms with Crippen molar-refractivity contribution in [2.45, 2.75) is 26.3 Å². The number of nitrogens with one attached hydrogen (secondary N) is 1. The molecule has 3 rings (SSSR count). The Balaban J connectivity index is 1.67. The normalized spacial score (nSPS) is 18.2. The van der Waals surface area contributed by atoms with Crippen LogP contribution < -0.4 is 5.32 Å². The van der Waals surface area contributed by atoms with E-state index in [-0.39, 0.29) is 11.9 Å². The minimum Gasteiger partial charge on any atom is -0.380 e. The smallest absolute Gasteiger partial charge is 0.246 e. The fourth-order valence-electron chi connectivity index (χ4n) is 2.90. The van der Waals surface area contributed by atoms with Gasteiger partial charge in [-0.3, -0.25) is 9.78 Å². The van der Waals surface area contributed by atoms with Gasteiger partial charge in [-0.2, -0.15) is 0 Å². The van der Waals surface area contributed by atoms with Gasteiger partial charge in [-0.1, -0.05) is 38.1 Å². The van der Waals surface area contributed by atoms with E-state index in [1.165, 1.54) is 0 Å². The summed E-state index contributed by atoms with van der Waals surface area (Å²) in [5.74, 6) is 0.515. The largest absolute Gasteiger partial charge is 0.380 e. The number of benzene rings is 1. The van der Waals surface area contributed by atoms with Gasteiger partial charge in [-0.05, 0) is 30.5 Å². The molecule has 1 aliphatic heterocycles. The molecular formula is C19H23N3O. The molecule has 0 radical (unpaired) electrons. The molecule has 2 aromatic rings. The third kappa shape index (κ3) is 3.70. The van der Waals surface area contributed by atoms with E-state index in [2.05, 4.69) is 30.2 Å². The van der Waals surface area contributed by atoms with Crippen LogP contribution >= 0.6 is 0 Å². The van der Waals surface area contributed by atoms with E-state index in [4.69, 9.17) is 0 Å². The van der Waals surface area contributed by atoms with Crippen molar-refractivity contribution in [1.82, 2.24) is 9.88 Å². The lowest BCUT2D eigenvalue weighted by atomic mass is 10.1. The van der Waals surface area contributed by atoms with Gasteiger partial charge in [0.25, 0.3) is 0 Å². The van der Waals surface area contributed by atoms with Crippen LogP contribution in [-0.4, -0.2) is 34.9 Å². The number of likely N-dealkylation sites (tertiary alicyclic amines) is 1. The van der Waals surface area contributed by atoms with Gasteiger partial charge in [0.2, 0.25) is 5.91 Å². The molecule has 1 N–H and O–H groups in total. The zero-order valence-electron chi connectivity index (χ0n) is 13.7. The van der Waals surface area contributed by atoms with E-state index in [0.29, 0.717) is 5.92 Å². The maximum Gasteiger partial charge on any atom is 0.246 e. The van der Waals surface area contributed by atoms with Crippen molar-refractivity contribution in [2.75, 3.05) is 18.4 Å². The molecule has 1 fully saturated rings. The average molecular weight is 309 g/mol. The lowest BCUT2D eigenvalue weighted by Gasteiger charge is -2.17. The second kappa shape index (κ2) is 6.82. The van der Waals surface area contributed by atoms with Crippen LogP contribution in [0.2, 0.25) is 0 Å². The summed E-state index contributed by atoms with van der Waals surface area (Å²) in [7, 11) is 0. The molecular weight excluding hydrogens is 286 g/mol. The molecule has 120 valence electrons. The van der Waals surface area contributed by atoms with Gasteiger partial charge in [-0.25, -0.2) is 0 Å². The van der Waals surface area contributed by atoms with E-state index < -0.39 is 0 Å². The van der Waals surface area contributed by atoms with Crippen molar-refractivity contribution in [3.05, 3.63) is 48.7 Å². The molecule has 0 saturated carbocycles. The molecule has 1 aliphatic rings. The summed E-state index contributed by atoms with van der Waals surface area (Å²) in [4.78, 5) is 18.5. The number of allylic oxidation sites excluding steroid dienone is 1. The Morgan fingerprint density at radius 2 is 2.17 bits per heavy atom. The van der Waals surface area contributed by atoms with Gasteiger partial charge in [0.1, 0.15) is 0 Å². The first-order valence-electron chi connectivity index (χ1n) is 8.21. The Kier molecular flexibility index (Phi) is 4.60. The van der Waals surface area contributed by atoms with Gasteiger partial charge in [-0.15, -0.1) is 0 Å². The Labute approximate surface area is 137 Å². The van der Waals surface area contributed by atoms with Gasteiger partial charge in [0.05, 0.1) is 5.52 Å². The van der Waals surface area contributed by atoms with Gasteiger partial charge in [0.15, 0.2) is 0 Å². The lowest BCUT2D eigenvalue weighted by Crippen LogP contribution is -2.30. The SMILES string of the molecule is CC(C)/C=C/C(=O)N1CCC(Nc2ccnc3ccccc23)C1. The third-order valence-corrected chi connectivity index (χ3v) is 4.13. The number of para-hydroxylation sites is 1. The molecule has 1 aromatic heterocycles. The molecule has 4 nitrogen and oxygen atoms in total. The molecule has 0 bridgehead atoms. The Morgan fingerprint density at radius 3 is 3.00 bits per heavy atom. The van der Waals surface area contributed by atoms with E-state index in [1.807, 2.05) is 41.4 Å². The second-order valence-corrected chi connectivity index (χ2v) is 6.39. The van der Waals surface area contributed by atoms with Gasteiger partial charge >= 0.3 is 0 Å². The fourth-order valence-corrected chi connectivity index (χ4v) is 2.90. The standard InChI is InChI=1S/C19H23N3O/c1-14(2)7-8-19(23)22-12-10-15(13-22)21-18-9-11-20-17-6-4-3-5-16(17)18/h3-9,11,14-15H,10,12-13H2,1-2H3,(H,20,21)/b8-7+. The van der Waals surface area contributed by atoms with Crippen molar-refractivity contribution in [3.8, 4) is 0 Å². The molecule has 2 heterocycles. The minimum absolute atomic E-state index is 0.114. The van der Waals surface area contributed by atoms with Crippen LogP contribution in [0, 0.1) is 5.92 Å². The molecule has 1 saturated heterocycles. The van der Waals surface area contributed by atoms with Crippen LogP contribution in [0.3, 0.4) is 0 Å². The molecule has 23 heavy (non-hydrogen) atoms. The van der Waals surface area contributed by atoms with Crippen molar-refractivity contribution in [1.29, 1.82) is 0 Å². The highest BCUT2D eigenvalue weighted by Gasteiger charge is 2.25. The summed E-state index contributed by atoms with van der Waals surface area (Å²) < 4.78 is 0. The van der Waals surface area contributed by atoms with Crippen LogP contribution in [0.25, 0.3) is 10.9 Å². The summed E-state index contributed by atoms with van der Waals surface area (Å²) in [5, 5.41) is 4.70. The number of aromatic nitrogens is 1. The predicted octanol–water partition coefficient (Wildman–Crippen LogP) is 3.46. The zero-order chi connectivity index (χ0) is 16.2. The highest BCUT2D eigenvalue weighted by molar-refractivity contribution is 5.91. The lowest BCUT2D eigenvalue weighted by molar-refractivity contribution is -0.125. The highest BCUT2D eigenvalue weighted by atomic mass is 16.2. The summed E-state index contributed by atoms with van der Waals surface area (Å²) in [5.41, 5.74) is 2.08. The fraction of sp³-hybridized carbons (Fsp3) is 0.368. The second-order valence-electron chi connectivity index (χ2n) is 6.39. The van der Waals surface area contributed by atoms with Crippen LogP contribution in [0.4, 0.5) is 5.69 Å². The van der Waals surface area contributed by atoms with Crippen molar-refractivity contribution < 1.29 is 4.79 Å². The van der Waals surface area contributed by atoms with Crippen LogP contribution in [0.15, 0.2) is 48.7 Å². The number of hydrogen-bond acceptors (Lipinski definition) is 3. The quantitative estimate of drug-likeness (QED) is 0.880. The molecule has 0 spiro atoms. The number of hydrogen-bond donors (Lipinski definition) is 1. The number of pyridine rings is 1. The number of carbonyl (C=O) groups excluding carboxylic acids is 1. The third-order valence-electron chi connectivity index (χ3n) is 4.13. The van der Waals surface area contributed by atoms with Crippen molar-refractivity contribution in [3.63, 3.8) is 0 Å². The summed E-state index contributed by atoms with van der Waals surface area (Å²) >= 11 is 0. The highest BCUT2D eigenvalue weighted by Crippen LogP contribution is 2.24. The van der Waals surface area contributed by atoms with Crippen LogP contribution in [0.5, 0.6) is 0 Å². The predicted molar refractivity (Wildman–Crippen MR) is 94.3 cm³/mol. The Morgan fingerprint density at radius 1 is 1.35 bits per heavy atom. The van der Waals surface area contributed by atoms with Gasteiger partial charge < -0.3 is 10.2 Å². The Bertz CT molecular complexity index is 718. The topological polar surface area (TPSA) is 45.2 Å². The zero-order valence-corrected chi connectivity index (χ0v) is 13.7. The van der Waals surface area contributed by atoms with Gasteiger partial charge in [0, 0.05) is 36.4 Å². The monoisotopic (exact) mass is 309 g/mol. The maximum atomic E-state index is 12.2. The van der Waals surface area contributed by atoms with Crippen LogP contribution in [0.1, 0.15) is 20.3 Å². The van der Waals surface area contributed by atoms with Crippen molar-refractivity contribution >= 4 is 22.5 Å². The first kappa shape index (κ1) is 15.5. The number of carbonyl (C=O) groups is 1. The summed E-state index contributed by atoms with van der Waals surface area (Å²) in [6, 6.07) is 10.4. The molecule has 1 atom stereocenters. The molecule has 1 unspecified atom stereocenters. The number of fused-ring (bicyclic) bond motifs is 1. The average Bonchev–Trinajstić information content (AvgIpc) is 3.01.